The standard InChI is InChI=1S/C13H13FN2O/c14-11-3-1-9(2-4-11)12-8-16-17-13(12)10-5-6-15-7-10/h1-4,8,10,15H,5-7H2. The largest absolute Gasteiger partial charge is 0.360 e. The topological polar surface area (TPSA) is 38.1 Å². The van der Waals surface area contributed by atoms with Gasteiger partial charge in [-0.2, -0.15) is 0 Å². The Kier molecular flexibility index (Phi) is 2.65. The van der Waals surface area contributed by atoms with E-state index in [0.717, 1.165) is 36.4 Å². The Hall–Kier alpha value is -1.68. The van der Waals surface area contributed by atoms with Crippen LogP contribution in [0.1, 0.15) is 18.1 Å². The van der Waals surface area contributed by atoms with Gasteiger partial charge in [0.2, 0.25) is 0 Å². The van der Waals surface area contributed by atoms with Gasteiger partial charge in [-0.25, -0.2) is 4.39 Å². The fourth-order valence-corrected chi connectivity index (χ4v) is 2.27. The maximum atomic E-state index is 12.9. The highest BCUT2D eigenvalue weighted by molar-refractivity contribution is 5.65. The van der Waals surface area contributed by atoms with Crippen molar-refractivity contribution in [3.8, 4) is 11.1 Å². The molecule has 1 fully saturated rings. The van der Waals surface area contributed by atoms with Gasteiger partial charge in [-0.1, -0.05) is 17.3 Å². The number of rotatable bonds is 2. The highest BCUT2D eigenvalue weighted by Gasteiger charge is 2.24. The Bertz CT molecular complexity index is 500. The van der Waals surface area contributed by atoms with Crippen LogP contribution >= 0.6 is 0 Å². The maximum Gasteiger partial charge on any atom is 0.148 e. The average Bonchev–Trinajstić information content (AvgIpc) is 3.00. The van der Waals surface area contributed by atoms with Gasteiger partial charge in [0.25, 0.3) is 0 Å². The Balaban J connectivity index is 1.97. The lowest BCUT2D eigenvalue weighted by Crippen LogP contribution is -2.07. The molecule has 1 aliphatic heterocycles. The molecule has 3 rings (SSSR count). The van der Waals surface area contributed by atoms with Crippen molar-refractivity contribution in [3.05, 3.63) is 42.0 Å². The van der Waals surface area contributed by atoms with Crippen molar-refractivity contribution in [2.24, 2.45) is 0 Å². The molecule has 4 heteroatoms. The van der Waals surface area contributed by atoms with Crippen molar-refractivity contribution >= 4 is 0 Å². The van der Waals surface area contributed by atoms with E-state index in [2.05, 4.69) is 10.5 Å². The van der Waals surface area contributed by atoms with Crippen LogP contribution in [0.3, 0.4) is 0 Å². The third kappa shape index (κ3) is 1.96. The van der Waals surface area contributed by atoms with Crippen molar-refractivity contribution in [1.29, 1.82) is 0 Å². The molecule has 1 aromatic carbocycles. The summed E-state index contributed by atoms with van der Waals surface area (Å²) in [6.07, 6.45) is 2.77. The first-order valence-electron chi connectivity index (χ1n) is 5.76. The summed E-state index contributed by atoms with van der Waals surface area (Å²) in [5.74, 6) is 1.05. The molecule has 3 nitrogen and oxygen atoms in total. The van der Waals surface area contributed by atoms with E-state index in [9.17, 15) is 4.39 Å². The van der Waals surface area contributed by atoms with Crippen LogP contribution in [0.2, 0.25) is 0 Å². The van der Waals surface area contributed by atoms with Crippen molar-refractivity contribution < 1.29 is 8.91 Å². The molecule has 0 amide bonds. The van der Waals surface area contributed by atoms with Crippen molar-refractivity contribution in [3.63, 3.8) is 0 Å². The van der Waals surface area contributed by atoms with Gasteiger partial charge in [-0.3, -0.25) is 0 Å². The third-order valence-electron chi connectivity index (χ3n) is 3.18. The minimum atomic E-state index is -0.228. The van der Waals surface area contributed by atoms with Gasteiger partial charge >= 0.3 is 0 Å². The molecular weight excluding hydrogens is 219 g/mol. The summed E-state index contributed by atoms with van der Waals surface area (Å²) < 4.78 is 18.2. The SMILES string of the molecule is Fc1ccc(-c2cnoc2C2CCNC2)cc1. The molecule has 1 N–H and O–H groups in total. The number of benzene rings is 1. The van der Waals surface area contributed by atoms with Crippen LogP contribution in [0.15, 0.2) is 35.0 Å². The first-order valence-corrected chi connectivity index (χ1v) is 5.76. The highest BCUT2D eigenvalue weighted by Crippen LogP contribution is 2.32. The molecule has 1 atom stereocenters. The maximum absolute atomic E-state index is 12.9. The molecule has 1 aromatic heterocycles. The zero-order chi connectivity index (χ0) is 11.7. The summed E-state index contributed by atoms with van der Waals surface area (Å²) in [7, 11) is 0. The molecule has 1 saturated heterocycles. The number of halogens is 1. The summed E-state index contributed by atoms with van der Waals surface area (Å²) in [6.45, 7) is 1.93. The van der Waals surface area contributed by atoms with Crippen LogP contribution in [0.4, 0.5) is 4.39 Å². The number of nitrogens with one attached hydrogen (secondary N) is 1. The van der Waals surface area contributed by atoms with Gasteiger partial charge in [0.15, 0.2) is 0 Å². The predicted octanol–water partition coefficient (Wildman–Crippen LogP) is 2.56. The van der Waals surface area contributed by atoms with Gasteiger partial charge in [0.1, 0.15) is 11.6 Å². The second-order valence-corrected chi connectivity index (χ2v) is 4.30. The molecule has 88 valence electrons. The normalized spacial score (nSPS) is 19.7. The van der Waals surface area contributed by atoms with E-state index in [-0.39, 0.29) is 5.82 Å². The number of hydrogen-bond donors (Lipinski definition) is 1. The number of hydrogen-bond acceptors (Lipinski definition) is 3. The van der Waals surface area contributed by atoms with Gasteiger partial charge in [0, 0.05) is 18.0 Å². The first-order chi connectivity index (χ1) is 8.34. The molecule has 0 aliphatic carbocycles. The van der Waals surface area contributed by atoms with Crippen LogP contribution in [-0.2, 0) is 0 Å². The van der Waals surface area contributed by atoms with E-state index in [4.69, 9.17) is 4.52 Å². The Morgan fingerprint density at radius 2 is 2.12 bits per heavy atom. The second kappa shape index (κ2) is 4.30. The van der Waals surface area contributed by atoms with E-state index in [0.29, 0.717) is 5.92 Å². The molecule has 0 bridgehead atoms. The number of aromatic nitrogens is 1. The van der Waals surface area contributed by atoms with Gasteiger partial charge in [-0.15, -0.1) is 0 Å². The van der Waals surface area contributed by atoms with Gasteiger partial charge < -0.3 is 9.84 Å². The molecule has 17 heavy (non-hydrogen) atoms. The summed E-state index contributed by atoms with van der Waals surface area (Å²) in [6, 6.07) is 6.43. The Morgan fingerprint density at radius 3 is 2.82 bits per heavy atom. The monoisotopic (exact) mass is 232 g/mol. The summed E-state index contributed by atoms with van der Waals surface area (Å²) in [5.41, 5.74) is 1.92. The van der Waals surface area contributed by atoms with E-state index in [1.807, 2.05) is 0 Å². The molecule has 1 aliphatic rings. The van der Waals surface area contributed by atoms with Crippen LogP contribution in [-0.4, -0.2) is 18.2 Å². The molecule has 0 saturated carbocycles. The van der Waals surface area contributed by atoms with Crippen molar-refractivity contribution in [2.45, 2.75) is 12.3 Å². The lowest BCUT2D eigenvalue weighted by molar-refractivity contribution is 0.366. The Morgan fingerprint density at radius 1 is 1.29 bits per heavy atom. The Labute approximate surface area is 98.6 Å². The first kappa shape index (κ1) is 10.5. The molecule has 0 radical (unpaired) electrons. The van der Waals surface area contributed by atoms with Crippen molar-refractivity contribution in [1.82, 2.24) is 10.5 Å². The highest BCUT2D eigenvalue weighted by atomic mass is 19.1. The van der Waals surface area contributed by atoms with Gasteiger partial charge in [-0.05, 0) is 30.7 Å². The van der Waals surface area contributed by atoms with Gasteiger partial charge in [0.05, 0.1) is 6.20 Å². The quantitative estimate of drug-likeness (QED) is 0.864. The van der Waals surface area contributed by atoms with E-state index in [1.54, 1.807) is 18.3 Å². The minimum Gasteiger partial charge on any atom is -0.360 e. The zero-order valence-corrected chi connectivity index (χ0v) is 9.32. The summed E-state index contributed by atoms with van der Waals surface area (Å²) in [4.78, 5) is 0. The summed E-state index contributed by atoms with van der Waals surface area (Å²) in [5, 5.41) is 7.17. The lowest BCUT2D eigenvalue weighted by atomic mass is 9.98. The molecule has 0 spiro atoms. The lowest BCUT2D eigenvalue weighted by Gasteiger charge is -2.06. The van der Waals surface area contributed by atoms with Crippen LogP contribution in [0.5, 0.6) is 0 Å². The van der Waals surface area contributed by atoms with Crippen LogP contribution in [0.25, 0.3) is 11.1 Å². The molecule has 2 aromatic rings. The van der Waals surface area contributed by atoms with E-state index in [1.165, 1.54) is 12.1 Å². The smallest absolute Gasteiger partial charge is 0.148 e. The second-order valence-electron chi connectivity index (χ2n) is 4.30. The average molecular weight is 232 g/mol. The minimum absolute atomic E-state index is 0.228. The molecule has 1 unspecified atom stereocenters. The van der Waals surface area contributed by atoms with Crippen LogP contribution in [0, 0.1) is 5.82 Å². The van der Waals surface area contributed by atoms with E-state index < -0.39 is 0 Å². The fourth-order valence-electron chi connectivity index (χ4n) is 2.27. The number of nitrogens with zero attached hydrogens (tertiary/aromatic N) is 1. The molecule has 2 heterocycles. The van der Waals surface area contributed by atoms with Crippen LogP contribution < -0.4 is 5.32 Å². The zero-order valence-electron chi connectivity index (χ0n) is 9.32. The third-order valence-corrected chi connectivity index (χ3v) is 3.18. The van der Waals surface area contributed by atoms with Crippen molar-refractivity contribution in [2.75, 3.05) is 13.1 Å². The summed E-state index contributed by atoms with van der Waals surface area (Å²) >= 11 is 0. The predicted molar refractivity (Wildman–Crippen MR) is 62.1 cm³/mol. The molecular formula is C13H13FN2O. The van der Waals surface area contributed by atoms with E-state index >= 15 is 0 Å². The fraction of sp³-hybridized carbons (Fsp3) is 0.308.